The Morgan fingerprint density at radius 2 is 2.18 bits per heavy atom. The smallest absolute Gasteiger partial charge is 0.253 e. The molecular formula is C11H14FNO3S. The summed E-state index contributed by atoms with van der Waals surface area (Å²) in [7, 11) is 1.54. The van der Waals surface area contributed by atoms with E-state index >= 15 is 0 Å². The molecule has 0 bridgehead atoms. The number of hydroxylamine groups is 1. The van der Waals surface area contributed by atoms with Gasteiger partial charge in [0.15, 0.2) is 0 Å². The van der Waals surface area contributed by atoms with E-state index in [0.29, 0.717) is 11.5 Å². The molecule has 0 spiro atoms. The number of rotatable bonds is 7. The van der Waals surface area contributed by atoms with Gasteiger partial charge in [-0.05, 0) is 12.1 Å². The molecule has 94 valence electrons. The fourth-order valence-corrected chi connectivity index (χ4v) is 1.72. The number of amides is 1. The summed E-state index contributed by atoms with van der Waals surface area (Å²) in [6, 6.07) is 6.31. The first-order chi connectivity index (χ1) is 8.24. The summed E-state index contributed by atoms with van der Waals surface area (Å²) in [4.78, 5) is 16.5. The maximum absolute atomic E-state index is 13.2. The van der Waals surface area contributed by atoms with E-state index in [-0.39, 0.29) is 24.1 Å². The van der Waals surface area contributed by atoms with Crippen LogP contribution in [-0.4, -0.2) is 32.0 Å². The average molecular weight is 259 g/mol. The molecule has 0 saturated carbocycles. The normalized spacial score (nSPS) is 10.2. The number of methoxy groups -OCH3 is 1. The Labute approximate surface area is 103 Å². The highest BCUT2D eigenvalue weighted by Gasteiger charge is 2.05. The number of halogens is 1. The molecule has 0 radical (unpaired) electrons. The van der Waals surface area contributed by atoms with Gasteiger partial charge in [0.25, 0.3) is 5.91 Å². The largest absolute Gasteiger partial charge is 0.382 e. The van der Waals surface area contributed by atoms with Crippen LogP contribution < -0.4 is 5.48 Å². The number of hydrogen-bond donors (Lipinski definition) is 1. The molecule has 6 heteroatoms. The van der Waals surface area contributed by atoms with Crippen LogP contribution in [0.1, 0.15) is 0 Å². The Bertz CT molecular complexity index is 362. The van der Waals surface area contributed by atoms with Crippen molar-refractivity contribution in [3.05, 3.63) is 30.1 Å². The van der Waals surface area contributed by atoms with Crippen LogP contribution in [0.25, 0.3) is 0 Å². The fraction of sp³-hybridized carbons (Fsp3) is 0.364. The maximum atomic E-state index is 13.2. The van der Waals surface area contributed by atoms with Gasteiger partial charge in [0.1, 0.15) is 5.82 Å². The molecule has 0 aliphatic carbocycles. The van der Waals surface area contributed by atoms with Crippen LogP contribution in [0.2, 0.25) is 0 Å². The highest BCUT2D eigenvalue weighted by molar-refractivity contribution is 8.00. The third-order valence-electron chi connectivity index (χ3n) is 1.77. The molecule has 0 saturated heterocycles. The fourth-order valence-electron chi connectivity index (χ4n) is 0.991. The van der Waals surface area contributed by atoms with Gasteiger partial charge in [-0.1, -0.05) is 12.1 Å². The molecule has 17 heavy (non-hydrogen) atoms. The topological polar surface area (TPSA) is 47.6 Å². The quantitative estimate of drug-likeness (QED) is 0.459. The predicted octanol–water partition coefficient (Wildman–Crippen LogP) is 1.61. The monoisotopic (exact) mass is 259 g/mol. The van der Waals surface area contributed by atoms with Crippen molar-refractivity contribution in [1.29, 1.82) is 0 Å². The number of nitrogens with one attached hydrogen (secondary N) is 1. The van der Waals surface area contributed by atoms with Crippen molar-refractivity contribution in [2.75, 3.05) is 26.1 Å². The Balaban J connectivity index is 2.22. The van der Waals surface area contributed by atoms with Crippen LogP contribution in [0, 0.1) is 5.82 Å². The Kier molecular flexibility index (Phi) is 6.61. The number of carbonyl (C=O) groups is 1. The molecule has 1 N–H and O–H groups in total. The van der Waals surface area contributed by atoms with E-state index in [0.717, 1.165) is 11.8 Å². The zero-order valence-corrected chi connectivity index (χ0v) is 10.3. The Morgan fingerprint density at radius 1 is 1.41 bits per heavy atom. The second-order valence-corrected chi connectivity index (χ2v) is 4.10. The zero-order chi connectivity index (χ0) is 12.5. The van der Waals surface area contributed by atoms with Crippen LogP contribution in [0.3, 0.4) is 0 Å². The van der Waals surface area contributed by atoms with E-state index in [4.69, 9.17) is 9.57 Å². The van der Waals surface area contributed by atoms with Crippen LogP contribution in [-0.2, 0) is 14.4 Å². The SMILES string of the molecule is COCCONC(=O)CSc1ccccc1F. The molecule has 1 aromatic carbocycles. The Morgan fingerprint density at radius 3 is 2.88 bits per heavy atom. The minimum Gasteiger partial charge on any atom is -0.382 e. The average Bonchev–Trinajstić information content (AvgIpc) is 2.34. The van der Waals surface area contributed by atoms with E-state index in [1.54, 1.807) is 25.3 Å². The number of thioether (sulfide) groups is 1. The lowest BCUT2D eigenvalue weighted by Gasteiger charge is -2.05. The van der Waals surface area contributed by atoms with Gasteiger partial charge in [0, 0.05) is 12.0 Å². The van der Waals surface area contributed by atoms with Gasteiger partial charge >= 0.3 is 0 Å². The van der Waals surface area contributed by atoms with Gasteiger partial charge in [-0.2, -0.15) is 0 Å². The summed E-state index contributed by atoms with van der Waals surface area (Å²) in [5, 5.41) is 0. The highest BCUT2D eigenvalue weighted by Crippen LogP contribution is 2.20. The van der Waals surface area contributed by atoms with Crippen LogP contribution in [0.15, 0.2) is 29.2 Å². The molecule has 0 heterocycles. The van der Waals surface area contributed by atoms with Crippen molar-refractivity contribution in [3.8, 4) is 0 Å². The zero-order valence-electron chi connectivity index (χ0n) is 9.44. The van der Waals surface area contributed by atoms with Crippen LogP contribution in [0.5, 0.6) is 0 Å². The highest BCUT2D eigenvalue weighted by atomic mass is 32.2. The second-order valence-electron chi connectivity index (χ2n) is 3.09. The van der Waals surface area contributed by atoms with E-state index in [1.165, 1.54) is 6.07 Å². The van der Waals surface area contributed by atoms with Gasteiger partial charge in [-0.3, -0.25) is 9.63 Å². The first kappa shape index (κ1) is 14.0. The van der Waals surface area contributed by atoms with Crippen LogP contribution in [0.4, 0.5) is 4.39 Å². The van der Waals surface area contributed by atoms with Gasteiger partial charge in [-0.15, -0.1) is 11.8 Å². The van der Waals surface area contributed by atoms with E-state index in [2.05, 4.69) is 5.48 Å². The second kappa shape index (κ2) is 8.05. The van der Waals surface area contributed by atoms with Gasteiger partial charge < -0.3 is 4.74 Å². The molecule has 0 aliphatic heterocycles. The van der Waals surface area contributed by atoms with Gasteiger partial charge in [-0.25, -0.2) is 9.87 Å². The molecular weight excluding hydrogens is 245 g/mol. The maximum Gasteiger partial charge on any atom is 0.253 e. The summed E-state index contributed by atoms with van der Waals surface area (Å²) >= 11 is 1.12. The molecule has 0 unspecified atom stereocenters. The number of carbonyl (C=O) groups excluding carboxylic acids is 1. The minimum absolute atomic E-state index is 0.105. The predicted molar refractivity (Wildman–Crippen MR) is 63.1 cm³/mol. The first-order valence-corrected chi connectivity index (χ1v) is 5.99. The number of benzene rings is 1. The van der Waals surface area contributed by atoms with Crippen molar-refractivity contribution in [1.82, 2.24) is 5.48 Å². The third-order valence-corrected chi connectivity index (χ3v) is 2.82. The molecule has 0 aliphatic rings. The molecule has 1 aromatic rings. The minimum atomic E-state index is -0.328. The molecule has 4 nitrogen and oxygen atoms in total. The summed E-state index contributed by atoms with van der Waals surface area (Å²) in [5.41, 5.74) is 2.24. The lowest BCUT2D eigenvalue weighted by Crippen LogP contribution is -2.26. The molecule has 1 amide bonds. The summed E-state index contributed by atoms with van der Waals surface area (Å²) < 4.78 is 17.9. The number of ether oxygens (including phenoxy) is 1. The van der Waals surface area contributed by atoms with E-state index in [1.807, 2.05) is 0 Å². The summed E-state index contributed by atoms with van der Waals surface area (Å²) in [6.07, 6.45) is 0. The van der Waals surface area contributed by atoms with Crippen molar-refractivity contribution in [3.63, 3.8) is 0 Å². The van der Waals surface area contributed by atoms with Gasteiger partial charge in [0.2, 0.25) is 0 Å². The lowest BCUT2D eigenvalue weighted by molar-refractivity contribution is -0.131. The number of hydrogen-bond acceptors (Lipinski definition) is 4. The first-order valence-electron chi connectivity index (χ1n) is 5.01. The molecule has 0 atom stereocenters. The van der Waals surface area contributed by atoms with Crippen molar-refractivity contribution >= 4 is 17.7 Å². The summed E-state index contributed by atoms with van der Waals surface area (Å²) in [5.74, 6) is -0.534. The van der Waals surface area contributed by atoms with Crippen LogP contribution >= 0.6 is 11.8 Å². The van der Waals surface area contributed by atoms with E-state index < -0.39 is 0 Å². The summed E-state index contributed by atoms with van der Waals surface area (Å²) in [6.45, 7) is 0.688. The van der Waals surface area contributed by atoms with Crippen molar-refractivity contribution < 1.29 is 18.8 Å². The lowest BCUT2D eigenvalue weighted by atomic mass is 10.3. The van der Waals surface area contributed by atoms with E-state index in [9.17, 15) is 9.18 Å². The van der Waals surface area contributed by atoms with Crippen molar-refractivity contribution in [2.45, 2.75) is 4.90 Å². The third kappa shape index (κ3) is 5.67. The standard InChI is InChI=1S/C11H14FNO3S/c1-15-6-7-16-13-11(14)8-17-10-5-3-2-4-9(10)12/h2-5H,6-8H2,1H3,(H,13,14). The Hall–Kier alpha value is -1.11. The molecule has 0 aromatic heterocycles. The molecule has 1 rings (SSSR count). The van der Waals surface area contributed by atoms with Gasteiger partial charge in [0.05, 0.1) is 19.0 Å². The molecule has 0 fully saturated rings. The van der Waals surface area contributed by atoms with Crippen molar-refractivity contribution in [2.24, 2.45) is 0 Å².